The number of likely N-dealkylation sites (tertiary alicyclic amines) is 1. The largest absolute Gasteiger partial charge is 0.457 e. The molecule has 198 valence electrons. The molecule has 3 heterocycles. The first-order chi connectivity index (χ1) is 19.0. The van der Waals surface area contributed by atoms with Gasteiger partial charge in [0, 0.05) is 31.3 Å². The second-order valence-electron chi connectivity index (χ2n) is 10.3. The molecule has 1 amide bonds. The van der Waals surface area contributed by atoms with Gasteiger partial charge in [-0.1, -0.05) is 24.3 Å². The van der Waals surface area contributed by atoms with Crippen molar-refractivity contribution in [2.24, 2.45) is 0 Å². The molecule has 2 aromatic heterocycles. The van der Waals surface area contributed by atoms with Crippen molar-refractivity contribution in [2.75, 3.05) is 39.5 Å². The van der Waals surface area contributed by atoms with E-state index in [4.69, 9.17) is 15.6 Å². The van der Waals surface area contributed by atoms with Crippen LogP contribution in [0, 0.1) is 0 Å². The molecule has 39 heavy (non-hydrogen) atoms. The fourth-order valence-electron chi connectivity index (χ4n) is 5.36. The first-order valence-corrected chi connectivity index (χ1v) is 13.1. The van der Waals surface area contributed by atoms with Crippen LogP contribution in [0.15, 0.2) is 84.2 Å². The Labute approximate surface area is 227 Å². The van der Waals surface area contributed by atoms with Gasteiger partial charge in [-0.2, -0.15) is 5.10 Å². The maximum Gasteiger partial charge on any atom is 0.246 e. The molecular formula is C30H31N7O2. The minimum Gasteiger partial charge on any atom is -0.457 e. The fourth-order valence-corrected chi connectivity index (χ4v) is 5.36. The number of hydrogen-bond donors (Lipinski definition) is 1. The van der Waals surface area contributed by atoms with Gasteiger partial charge in [-0.3, -0.25) is 4.79 Å². The minimum absolute atomic E-state index is 0.0647. The van der Waals surface area contributed by atoms with E-state index in [9.17, 15) is 4.79 Å². The van der Waals surface area contributed by atoms with E-state index in [1.165, 1.54) is 17.5 Å². The quantitative estimate of drug-likeness (QED) is 0.283. The maximum absolute atomic E-state index is 12.6. The van der Waals surface area contributed by atoms with E-state index < -0.39 is 0 Å². The van der Waals surface area contributed by atoms with Crippen LogP contribution >= 0.6 is 0 Å². The van der Waals surface area contributed by atoms with E-state index >= 15 is 0 Å². The number of carbonyl (C=O) groups is 1. The number of nitrogens with zero attached hydrogens (tertiary/aromatic N) is 6. The van der Waals surface area contributed by atoms with Gasteiger partial charge in [0.15, 0.2) is 5.65 Å². The highest BCUT2D eigenvalue weighted by atomic mass is 16.5. The number of nitrogen functional groups attached to an aromatic ring is 1. The van der Waals surface area contributed by atoms with Crippen molar-refractivity contribution in [3.05, 3.63) is 84.2 Å². The van der Waals surface area contributed by atoms with Gasteiger partial charge in [0.05, 0.1) is 11.4 Å². The second-order valence-corrected chi connectivity index (χ2v) is 10.3. The number of amides is 1. The van der Waals surface area contributed by atoms with Crippen molar-refractivity contribution < 1.29 is 9.53 Å². The zero-order valence-electron chi connectivity index (χ0n) is 22.1. The summed E-state index contributed by atoms with van der Waals surface area (Å²) >= 11 is 0. The molecule has 0 atom stereocenters. The van der Waals surface area contributed by atoms with Crippen molar-refractivity contribution in [2.45, 2.75) is 18.9 Å². The maximum atomic E-state index is 12.6. The smallest absolute Gasteiger partial charge is 0.246 e. The predicted molar refractivity (Wildman–Crippen MR) is 151 cm³/mol. The van der Waals surface area contributed by atoms with Crippen molar-refractivity contribution in [1.82, 2.24) is 29.5 Å². The zero-order chi connectivity index (χ0) is 26.9. The van der Waals surface area contributed by atoms with Gasteiger partial charge >= 0.3 is 0 Å². The molecule has 9 heteroatoms. The lowest BCUT2D eigenvalue weighted by molar-refractivity contribution is -0.124. The number of rotatable bonds is 7. The number of ether oxygens (including phenoxy) is 1. The number of fused-ring (bicyclic) bond motifs is 1. The molecule has 2 N–H and O–H groups in total. The average molecular weight is 522 g/mol. The minimum atomic E-state index is 0.0647. The number of para-hydroxylation sites is 1. The van der Waals surface area contributed by atoms with Crippen LogP contribution in [0.5, 0.6) is 11.5 Å². The molecule has 2 aliphatic rings. The van der Waals surface area contributed by atoms with Crippen LogP contribution in [-0.4, -0.2) is 69.2 Å². The van der Waals surface area contributed by atoms with Crippen LogP contribution in [0.3, 0.4) is 0 Å². The van der Waals surface area contributed by atoms with Gasteiger partial charge in [-0.05, 0) is 74.5 Å². The number of aromatic nitrogens is 4. The molecule has 0 saturated carbocycles. The molecule has 1 aliphatic carbocycles. The second kappa shape index (κ2) is 10.3. The average Bonchev–Trinajstić information content (AvgIpc) is 3.62. The van der Waals surface area contributed by atoms with Crippen molar-refractivity contribution in [3.8, 4) is 22.8 Å². The molecule has 2 aromatic carbocycles. The summed E-state index contributed by atoms with van der Waals surface area (Å²) < 4.78 is 7.95. The van der Waals surface area contributed by atoms with E-state index in [0.717, 1.165) is 53.2 Å². The number of likely N-dealkylation sites (N-methyl/N-ethyl adjacent to an activating group) is 1. The lowest BCUT2D eigenvalue weighted by Crippen LogP contribution is -2.29. The van der Waals surface area contributed by atoms with Gasteiger partial charge in [0.25, 0.3) is 0 Å². The molecule has 4 aromatic rings. The van der Waals surface area contributed by atoms with Crippen molar-refractivity contribution in [3.63, 3.8) is 0 Å². The number of nitrogens with two attached hydrogens (primary N) is 1. The summed E-state index contributed by atoms with van der Waals surface area (Å²) in [6.07, 6.45) is 6.77. The van der Waals surface area contributed by atoms with Crippen LogP contribution < -0.4 is 10.5 Å². The first-order valence-electron chi connectivity index (χ1n) is 13.1. The number of anilines is 1. The molecule has 9 nitrogen and oxygen atoms in total. The van der Waals surface area contributed by atoms with Crippen LogP contribution in [0.1, 0.15) is 18.9 Å². The van der Waals surface area contributed by atoms with Gasteiger partial charge in [0.1, 0.15) is 29.3 Å². The summed E-state index contributed by atoms with van der Waals surface area (Å²) in [4.78, 5) is 25.4. The van der Waals surface area contributed by atoms with E-state index in [2.05, 4.69) is 9.97 Å². The standard InChI is InChI=1S/C30H31N7O2/c1-35(2)14-6-9-26(38)36-17-21-15-23(16-22(21)18-36)37-30-27(29(31)32-19-33-30)28(34-37)20-10-12-25(13-11-20)39-24-7-4-3-5-8-24/h3-13,19,23H,14-18H2,1-2H3,(H2,31,32,33)/b9-6+. The third-order valence-corrected chi connectivity index (χ3v) is 7.24. The van der Waals surface area contributed by atoms with Gasteiger partial charge in [0.2, 0.25) is 5.91 Å². The fraction of sp³-hybridized carbons (Fsp3) is 0.267. The van der Waals surface area contributed by atoms with E-state index in [0.29, 0.717) is 18.9 Å². The van der Waals surface area contributed by atoms with E-state index in [1.807, 2.05) is 89.3 Å². The Hall–Kier alpha value is -4.50. The van der Waals surface area contributed by atoms with Crippen LogP contribution in [0.2, 0.25) is 0 Å². The lowest BCUT2D eigenvalue weighted by atomic mass is 10.1. The van der Waals surface area contributed by atoms with E-state index in [1.54, 1.807) is 6.08 Å². The Balaban J connectivity index is 1.21. The Bertz CT molecular complexity index is 1550. The molecule has 0 saturated heterocycles. The molecule has 0 radical (unpaired) electrons. The first kappa shape index (κ1) is 24.8. The summed E-state index contributed by atoms with van der Waals surface area (Å²) in [5.41, 5.74) is 11.4. The number of benzene rings is 2. The summed E-state index contributed by atoms with van der Waals surface area (Å²) in [5, 5.41) is 5.78. The zero-order valence-corrected chi connectivity index (χ0v) is 22.1. The Morgan fingerprint density at radius 1 is 1.03 bits per heavy atom. The van der Waals surface area contributed by atoms with Crippen LogP contribution in [-0.2, 0) is 4.79 Å². The Kier molecular flexibility index (Phi) is 6.58. The van der Waals surface area contributed by atoms with Crippen molar-refractivity contribution >= 4 is 22.8 Å². The summed E-state index contributed by atoms with van der Waals surface area (Å²) in [7, 11) is 3.97. The molecular weight excluding hydrogens is 490 g/mol. The third-order valence-electron chi connectivity index (χ3n) is 7.24. The molecule has 1 aliphatic heterocycles. The topological polar surface area (TPSA) is 102 Å². The monoisotopic (exact) mass is 521 g/mol. The van der Waals surface area contributed by atoms with Crippen LogP contribution in [0.4, 0.5) is 5.82 Å². The summed E-state index contributed by atoms with van der Waals surface area (Å²) in [5.74, 6) is 2.00. The van der Waals surface area contributed by atoms with Gasteiger partial charge < -0.3 is 20.3 Å². The highest BCUT2D eigenvalue weighted by Crippen LogP contribution is 2.42. The number of hydrogen-bond acceptors (Lipinski definition) is 7. The molecule has 0 spiro atoms. The Morgan fingerprint density at radius 3 is 2.41 bits per heavy atom. The lowest BCUT2D eigenvalue weighted by Gasteiger charge is -2.20. The van der Waals surface area contributed by atoms with Gasteiger partial charge in [-0.25, -0.2) is 14.6 Å². The molecule has 6 rings (SSSR count). The molecule has 0 bridgehead atoms. The van der Waals surface area contributed by atoms with E-state index in [-0.39, 0.29) is 11.9 Å². The normalized spacial score (nSPS) is 15.7. The highest BCUT2D eigenvalue weighted by molar-refractivity contribution is 5.98. The summed E-state index contributed by atoms with van der Waals surface area (Å²) in [6, 6.07) is 17.6. The highest BCUT2D eigenvalue weighted by Gasteiger charge is 2.35. The number of carbonyl (C=O) groups excluding carboxylic acids is 1. The SMILES string of the molecule is CN(C)C/C=C/C(=O)N1CC2=C(CC(n3nc(-c4ccc(Oc5ccccc5)cc4)c4c(N)ncnc43)C2)C1. The molecule has 0 fully saturated rings. The van der Waals surface area contributed by atoms with Gasteiger partial charge in [-0.15, -0.1) is 0 Å². The van der Waals surface area contributed by atoms with Crippen molar-refractivity contribution in [1.29, 1.82) is 0 Å². The third kappa shape index (κ3) is 5.00. The predicted octanol–water partition coefficient (Wildman–Crippen LogP) is 4.46. The van der Waals surface area contributed by atoms with Crippen LogP contribution in [0.25, 0.3) is 22.3 Å². The molecule has 0 unspecified atom stereocenters. The Morgan fingerprint density at radius 2 is 1.72 bits per heavy atom. The summed E-state index contributed by atoms with van der Waals surface area (Å²) in [6.45, 7) is 2.09.